The van der Waals surface area contributed by atoms with Crippen LogP contribution in [0.15, 0.2) is 0 Å². The first-order valence-corrected chi connectivity index (χ1v) is 6.38. The summed E-state index contributed by atoms with van der Waals surface area (Å²) in [4.78, 5) is 0. The Labute approximate surface area is 95.2 Å². The van der Waals surface area contributed by atoms with Crippen LogP contribution in [0, 0.1) is 11.3 Å². The molecule has 0 heterocycles. The fourth-order valence-corrected chi connectivity index (χ4v) is 2.28. The molecule has 0 aromatic heterocycles. The van der Waals surface area contributed by atoms with Crippen molar-refractivity contribution in [2.24, 2.45) is 11.3 Å². The van der Waals surface area contributed by atoms with E-state index in [4.69, 9.17) is 0 Å². The van der Waals surface area contributed by atoms with Crippen molar-refractivity contribution >= 4 is 0 Å². The van der Waals surface area contributed by atoms with Gasteiger partial charge in [0, 0.05) is 18.6 Å². The molecule has 0 amide bonds. The quantitative estimate of drug-likeness (QED) is 0.677. The Kier molecular flexibility index (Phi) is 4.19. The highest BCUT2D eigenvalue weighted by Gasteiger charge is 2.44. The third kappa shape index (κ3) is 3.76. The summed E-state index contributed by atoms with van der Waals surface area (Å²) in [6.07, 6.45) is 2.83. The van der Waals surface area contributed by atoms with Gasteiger partial charge in [-0.1, -0.05) is 20.8 Å². The van der Waals surface area contributed by atoms with E-state index in [1.807, 2.05) is 0 Å². The van der Waals surface area contributed by atoms with Gasteiger partial charge in [-0.25, -0.2) is 0 Å². The van der Waals surface area contributed by atoms with Crippen LogP contribution in [0.25, 0.3) is 0 Å². The van der Waals surface area contributed by atoms with Crippen molar-refractivity contribution in [1.29, 1.82) is 0 Å². The predicted molar refractivity (Wildman–Crippen MR) is 67.1 cm³/mol. The zero-order valence-corrected chi connectivity index (χ0v) is 11.1. The molecular weight excluding hydrogens is 184 g/mol. The monoisotopic (exact) mass is 212 g/mol. The van der Waals surface area contributed by atoms with Crippen molar-refractivity contribution in [2.45, 2.75) is 53.0 Å². The first-order chi connectivity index (χ1) is 6.92. The van der Waals surface area contributed by atoms with E-state index in [9.17, 15) is 0 Å². The summed E-state index contributed by atoms with van der Waals surface area (Å²) in [5.41, 5.74) is 0.851. The van der Waals surface area contributed by atoms with Gasteiger partial charge in [-0.05, 0) is 44.6 Å². The van der Waals surface area contributed by atoms with E-state index in [-0.39, 0.29) is 5.54 Å². The van der Waals surface area contributed by atoms with Gasteiger partial charge in [0.1, 0.15) is 0 Å². The van der Waals surface area contributed by atoms with Gasteiger partial charge in [0.15, 0.2) is 0 Å². The Bertz CT molecular complexity index is 193. The highest BCUT2D eigenvalue weighted by atomic mass is 15.0. The second-order valence-electron chi connectivity index (χ2n) is 6.03. The number of nitrogens with one attached hydrogen (secondary N) is 2. The lowest BCUT2D eigenvalue weighted by Crippen LogP contribution is -2.48. The van der Waals surface area contributed by atoms with Crippen LogP contribution in [0.5, 0.6) is 0 Å². The largest absolute Gasteiger partial charge is 0.314 e. The van der Waals surface area contributed by atoms with Gasteiger partial charge in [-0.15, -0.1) is 0 Å². The van der Waals surface area contributed by atoms with Crippen molar-refractivity contribution in [3.63, 3.8) is 0 Å². The molecule has 1 saturated carbocycles. The molecule has 0 saturated heterocycles. The van der Waals surface area contributed by atoms with Crippen molar-refractivity contribution in [3.8, 4) is 0 Å². The van der Waals surface area contributed by atoms with E-state index < -0.39 is 0 Å². The standard InChI is InChI=1S/C13H28N2/c1-6-15-12(4,5)9-14-10-13(7-8-13)11(2)3/h11,14-15H,6-10H2,1-5H3. The van der Waals surface area contributed by atoms with Gasteiger partial charge in [0.25, 0.3) is 0 Å². The van der Waals surface area contributed by atoms with Crippen LogP contribution in [0.4, 0.5) is 0 Å². The molecule has 2 heteroatoms. The van der Waals surface area contributed by atoms with Gasteiger partial charge in [-0.3, -0.25) is 0 Å². The van der Waals surface area contributed by atoms with Crippen molar-refractivity contribution in [3.05, 3.63) is 0 Å². The molecule has 0 bridgehead atoms. The van der Waals surface area contributed by atoms with Crippen LogP contribution in [0.1, 0.15) is 47.5 Å². The Hall–Kier alpha value is -0.0800. The SMILES string of the molecule is CCNC(C)(C)CNCC1(C(C)C)CC1. The lowest BCUT2D eigenvalue weighted by Gasteiger charge is -2.28. The fourth-order valence-electron chi connectivity index (χ4n) is 2.28. The van der Waals surface area contributed by atoms with Crippen LogP contribution in [0.2, 0.25) is 0 Å². The first-order valence-electron chi connectivity index (χ1n) is 6.38. The number of likely N-dealkylation sites (N-methyl/N-ethyl adjacent to an activating group) is 1. The molecule has 1 fully saturated rings. The average Bonchev–Trinajstić information content (AvgIpc) is 2.84. The van der Waals surface area contributed by atoms with E-state index in [1.54, 1.807) is 0 Å². The minimum Gasteiger partial charge on any atom is -0.314 e. The van der Waals surface area contributed by atoms with Crippen LogP contribution in [0.3, 0.4) is 0 Å². The molecule has 0 aromatic rings. The summed E-state index contributed by atoms with van der Waals surface area (Å²) >= 11 is 0. The van der Waals surface area contributed by atoms with Crippen LogP contribution < -0.4 is 10.6 Å². The van der Waals surface area contributed by atoms with Gasteiger partial charge in [-0.2, -0.15) is 0 Å². The highest BCUT2D eigenvalue weighted by Crippen LogP contribution is 2.51. The third-order valence-electron chi connectivity index (χ3n) is 3.82. The minimum absolute atomic E-state index is 0.224. The topological polar surface area (TPSA) is 24.1 Å². The van der Waals surface area contributed by atoms with Crippen LogP contribution in [-0.2, 0) is 0 Å². The predicted octanol–water partition coefficient (Wildman–Crippen LogP) is 2.40. The Morgan fingerprint density at radius 3 is 2.27 bits per heavy atom. The maximum atomic E-state index is 3.63. The summed E-state index contributed by atoms with van der Waals surface area (Å²) in [6, 6.07) is 0. The van der Waals surface area contributed by atoms with E-state index in [2.05, 4.69) is 45.3 Å². The maximum absolute atomic E-state index is 3.63. The average molecular weight is 212 g/mol. The molecule has 2 nitrogen and oxygen atoms in total. The maximum Gasteiger partial charge on any atom is 0.0249 e. The lowest BCUT2D eigenvalue weighted by molar-refractivity contribution is 0.306. The molecular formula is C13H28N2. The molecule has 1 rings (SSSR count). The number of hydrogen-bond donors (Lipinski definition) is 2. The molecule has 15 heavy (non-hydrogen) atoms. The summed E-state index contributed by atoms with van der Waals surface area (Å²) < 4.78 is 0. The molecule has 0 aromatic carbocycles. The van der Waals surface area contributed by atoms with Crippen molar-refractivity contribution < 1.29 is 0 Å². The Balaban J connectivity index is 2.21. The van der Waals surface area contributed by atoms with Crippen molar-refractivity contribution in [1.82, 2.24) is 10.6 Å². The normalized spacial score (nSPS) is 19.6. The lowest BCUT2D eigenvalue weighted by atomic mass is 9.92. The molecule has 0 spiro atoms. The first kappa shape index (κ1) is 13.0. The molecule has 1 aliphatic rings. The van der Waals surface area contributed by atoms with E-state index in [0.717, 1.165) is 19.0 Å². The molecule has 1 aliphatic carbocycles. The summed E-state index contributed by atoms with van der Waals surface area (Å²) in [6.45, 7) is 14.7. The number of rotatable bonds is 7. The summed E-state index contributed by atoms with van der Waals surface area (Å²) in [5, 5.41) is 7.13. The molecule has 0 aliphatic heterocycles. The second kappa shape index (κ2) is 4.84. The molecule has 0 atom stereocenters. The van der Waals surface area contributed by atoms with E-state index in [1.165, 1.54) is 19.4 Å². The van der Waals surface area contributed by atoms with Crippen LogP contribution in [-0.4, -0.2) is 25.2 Å². The highest BCUT2D eigenvalue weighted by molar-refractivity contribution is 4.97. The zero-order valence-electron chi connectivity index (χ0n) is 11.1. The Morgan fingerprint density at radius 2 is 1.87 bits per heavy atom. The minimum atomic E-state index is 0.224. The molecule has 0 unspecified atom stereocenters. The third-order valence-corrected chi connectivity index (χ3v) is 3.82. The van der Waals surface area contributed by atoms with E-state index >= 15 is 0 Å². The van der Waals surface area contributed by atoms with Gasteiger partial charge < -0.3 is 10.6 Å². The molecule has 90 valence electrons. The summed E-state index contributed by atoms with van der Waals surface area (Å²) in [5.74, 6) is 0.826. The van der Waals surface area contributed by atoms with Gasteiger partial charge >= 0.3 is 0 Å². The Morgan fingerprint density at radius 1 is 1.27 bits per heavy atom. The zero-order chi connectivity index (χ0) is 11.5. The second-order valence-corrected chi connectivity index (χ2v) is 6.03. The molecule has 2 N–H and O–H groups in total. The smallest absolute Gasteiger partial charge is 0.0249 e. The van der Waals surface area contributed by atoms with Crippen molar-refractivity contribution in [2.75, 3.05) is 19.6 Å². The van der Waals surface area contributed by atoms with Gasteiger partial charge in [0.2, 0.25) is 0 Å². The summed E-state index contributed by atoms with van der Waals surface area (Å²) in [7, 11) is 0. The van der Waals surface area contributed by atoms with E-state index in [0.29, 0.717) is 5.41 Å². The molecule has 0 radical (unpaired) electrons. The van der Waals surface area contributed by atoms with Crippen LogP contribution >= 0.6 is 0 Å². The van der Waals surface area contributed by atoms with Gasteiger partial charge in [0.05, 0.1) is 0 Å². The fraction of sp³-hybridized carbons (Fsp3) is 1.00. The number of hydrogen-bond acceptors (Lipinski definition) is 2.